The quantitative estimate of drug-likeness (QED) is 0.670. The van der Waals surface area contributed by atoms with Crippen LogP contribution in [0.3, 0.4) is 0 Å². The lowest BCUT2D eigenvalue weighted by Gasteiger charge is -2.32. The Morgan fingerprint density at radius 3 is 2.50 bits per heavy atom. The van der Waals surface area contributed by atoms with E-state index in [-0.39, 0.29) is 24.1 Å². The summed E-state index contributed by atoms with van der Waals surface area (Å²) in [6.07, 6.45) is -1.72. The van der Waals surface area contributed by atoms with E-state index in [1.54, 1.807) is 30.5 Å². The predicted molar refractivity (Wildman–Crippen MR) is 109 cm³/mol. The molecule has 0 bridgehead atoms. The zero-order valence-corrected chi connectivity index (χ0v) is 17.3. The molecule has 0 radical (unpaired) electrons. The predicted octanol–water partition coefficient (Wildman–Crippen LogP) is 4.84. The monoisotopic (exact) mass is 440 g/mol. The van der Waals surface area contributed by atoms with Crippen molar-refractivity contribution in [3.8, 4) is 5.75 Å². The van der Waals surface area contributed by atoms with Crippen LogP contribution in [0.4, 0.5) is 18.9 Å². The number of halogens is 3. The highest BCUT2D eigenvalue weighted by Gasteiger charge is 2.48. The van der Waals surface area contributed by atoms with Gasteiger partial charge in [-0.25, -0.2) is 0 Å². The van der Waals surface area contributed by atoms with Gasteiger partial charge in [-0.2, -0.15) is 13.2 Å². The maximum absolute atomic E-state index is 13.6. The minimum absolute atomic E-state index is 0.0957. The van der Waals surface area contributed by atoms with Gasteiger partial charge in [-0.3, -0.25) is 14.5 Å². The standard InChI is InChI=1S/C21H23F3N2O3S/c1-2-29-16-11-6-5-10-15(16)26(20(28)21(22,23)24)18(17-12-7-13-30-17)19(27)25-14-8-3-4-9-14/h5-7,10-14,18H,2-4,8-9H2,1H3,(H,25,27)/t18-/m0/s1. The van der Waals surface area contributed by atoms with Crippen molar-refractivity contribution in [2.24, 2.45) is 0 Å². The molecule has 162 valence electrons. The Balaban J connectivity index is 2.09. The van der Waals surface area contributed by atoms with Gasteiger partial charge in [0, 0.05) is 10.9 Å². The highest BCUT2D eigenvalue weighted by molar-refractivity contribution is 7.10. The van der Waals surface area contributed by atoms with E-state index in [0.29, 0.717) is 9.78 Å². The summed E-state index contributed by atoms with van der Waals surface area (Å²) in [7, 11) is 0. The summed E-state index contributed by atoms with van der Waals surface area (Å²) >= 11 is 1.12. The topological polar surface area (TPSA) is 58.6 Å². The summed E-state index contributed by atoms with van der Waals surface area (Å²) in [5.74, 6) is -2.64. The number of ether oxygens (including phenoxy) is 1. The van der Waals surface area contributed by atoms with Gasteiger partial charge in [-0.1, -0.05) is 31.0 Å². The number of anilines is 1. The molecule has 3 rings (SSSR count). The molecule has 1 atom stereocenters. The highest BCUT2D eigenvalue weighted by atomic mass is 32.1. The molecule has 0 spiro atoms. The number of para-hydroxylation sites is 2. The molecule has 5 nitrogen and oxygen atoms in total. The van der Waals surface area contributed by atoms with E-state index in [2.05, 4.69) is 5.32 Å². The third-order valence-electron chi connectivity index (χ3n) is 4.91. The SMILES string of the molecule is CCOc1ccccc1N(C(=O)C(F)(F)F)[C@H](C(=O)NC1CCCC1)c1cccs1. The number of carbonyl (C=O) groups excluding carboxylic acids is 2. The first-order chi connectivity index (χ1) is 14.3. The summed E-state index contributed by atoms with van der Waals surface area (Å²) in [4.78, 5) is 26.6. The van der Waals surface area contributed by atoms with Gasteiger partial charge in [-0.05, 0) is 43.3 Å². The van der Waals surface area contributed by atoms with E-state index >= 15 is 0 Å². The first kappa shape index (κ1) is 22.1. The summed E-state index contributed by atoms with van der Waals surface area (Å²) in [6.45, 7) is 1.89. The third-order valence-corrected chi connectivity index (χ3v) is 5.83. The number of rotatable bonds is 7. The van der Waals surface area contributed by atoms with Crippen molar-refractivity contribution in [2.45, 2.75) is 50.9 Å². The average Bonchev–Trinajstić information content (AvgIpc) is 3.40. The fourth-order valence-corrected chi connectivity index (χ4v) is 4.42. The van der Waals surface area contributed by atoms with E-state index in [4.69, 9.17) is 4.74 Å². The summed E-state index contributed by atoms with van der Waals surface area (Å²) in [6, 6.07) is 7.59. The van der Waals surface area contributed by atoms with Crippen molar-refractivity contribution in [1.82, 2.24) is 5.32 Å². The van der Waals surface area contributed by atoms with E-state index in [9.17, 15) is 22.8 Å². The number of nitrogens with one attached hydrogen (secondary N) is 1. The largest absolute Gasteiger partial charge is 0.492 e. The minimum atomic E-state index is -5.16. The van der Waals surface area contributed by atoms with Crippen LogP contribution in [0.25, 0.3) is 0 Å². The van der Waals surface area contributed by atoms with Crippen LogP contribution in [0.2, 0.25) is 0 Å². The normalized spacial score (nSPS) is 15.6. The van der Waals surface area contributed by atoms with E-state index in [1.165, 1.54) is 18.2 Å². The number of benzene rings is 1. The highest BCUT2D eigenvalue weighted by Crippen LogP contribution is 2.39. The Labute approximate surface area is 176 Å². The molecule has 30 heavy (non-hydrogen) atoms. The Morgan fingerprint density at radius 2 is 1.90 bits per heavy atom. The van der Waals surface area contributed by atoms with Gasteiger partial charge >= 0.3 is 12.1 Å². The molecule has 1 heterocycles. The first-order valence-electron chi connectivity index (χ1n) is 9.79. The van der Waals surface area contributed by atoms with Crippen molar-refractivity contribution in [3.63, 3.8) is 0 Å². The van der Waals surface area contributed by atoms with Crippen LogP contribution in [0.5, 0.6) is 5.75 Å². The molecule has 2 amide bonds. The van der Waals surface area contributed by atoms with Crippen molar-refractivity contribution < 1.29 is 27.5 Å². The second kappa shape index (κ2) is 9.51. The van der Waals surface area contributed by atoms with Gasteiger partial charge in [0.2, 0.25) is 5.91 Å². The Kier molecular flexibility index (Phi) is 7.02. The molecule has 1 N–H and O–H groups in total. The molecule has 1 aliphatic carbocycles. The van der Waals surface area contributed by atoms with E-state index in [0.717, 1.165) is 37.0 Å². The van der Waals surface area contributed by atoms with Crippen molar-refractivity contribution in [3.05, 3.63) is 46.7 Å². The van der Waals surface area contributed by atoms with Gasteiger partial charge in [-0.15, -0.1) is 11.3 Å². The van der Waals surface area contributed by atoms with Crippen LogP contribution >= 0.6 is 11.3 Å². The van der Waals surface area contributed by atoms with Crippen LogP contribution in [0.1, 0.15) is 43.5 Å². The zero-order chi connectivity index (χ0) is 21.7. The molecule has 9 heteroatoms. The molecule has 1 aliphatic rings. The van der Waals surface area contributed by atoms with Crippen LogP contribution in [0.15, 0.2) is 41.8 Å². The second-order valence-corrected chi connectivity index (χ2v) is 7.96. The van der Waals surface area contributed by atoms with Crippen molar-refractivity contribution in [2.75, 3.05) is 11.5 Å². The smallest absolute Gasteiger partial charge is 0.471 e. The van der Waals surface area contributed by atoms with Gasteiger partial charge in [0.25, 0.3) is 0 Å². The summed E-state index contributed by atoms with van der Waals surface area (Å²) < 4.78 is 46.3. The van der Waals surface area contributed by atoms with E-state index < -0.39 is 24.0 Å². The molecule has 1 aromatic heterocycles. The molecule has 2 aromatic rings. The lowest BCUT2D eigenvalue weighted by atomic mass is 10.1. The molecule has 1 fully saturated rings. The van der Waals surface area contributed by atoms with Crippen LogP contribution in [0, 0.1) is 0 Å². The van der Waals surface area contributed by atoms with Gasteiger partial charge in [0.15, 0.2) is 6.04 Å². The number of hydrogen-bond donors (Lipinski definition) is 1. The molecule has 0 aliphatic heterocycles. The summed E-state index contributed by atoms with van der Waals surface area (Å²) in [5.41, 5.74) is -0.0957. The Morgan fingerprint density at radius 1 is 1.20 bits per heavy atom. The molecular formula is C21H23F3N2O3S. The van der Waals surface area contributed by atoms with Gasteiger partial charge in [0.1, 0.15) is 5.75 Å². The molecule has 0 unspecified atom stereocenters. The van der Waals surface area contributed by atoms with Crippen LogP contribution in [-0.4, -0.2) is 30.6 Å². The van der Waals surface area contributed by atoms with Crippen molar-refractivity contribution >= 4 is 28.8 Å². The summed E-state index contributed by atoms with van der Waals surface area (Å²) in [5, 5.41) is 4.50. The lowest BCUT2D eigenvalue weighted by Crippen LogP contribution is -2.50. The number of amides is 2. The zero-order valence-electron chi connectivity index (χ0n) is 16.4. The molecule has 1 saturated carbocycles. The second-order valence-electron chi connectivity index (χ2n) is 6.98. The molecular weight excluding hydrogens is 417 g/mol. The fourth-order valence-electron chi connectivity index (χ4n) is 3.61. The molecule has 1 aromatic carbocycles. The number of thiophene rings is 1. The minimum Gasteiger partial charge on any atom is -0.492 e. The number of carbonyl (C=O) groups is 2. The number of alkyl halides is 3. The number of hydrogen-bond acceptors (Lipinski definition) is 4. The molecule has 0 saturated heterocycles. The van der Waals surface area contributed by atoms with E-state index in [1.807, 2.05) is 0 Å². The Bertz CT molecular complexity index is 865. The average molecular weight is 440 g/mol. The first-order valence-corrected chi connectivity index (χ1v) is 10.7. The van der Waals surface area contributed by atoms with Crippen molar-refractivity contribution in [1.29, 1.82) is 0 Å². The number of nitrogens with zero attached hydrogens (tertiary/aromatic N) is 1. The Hall–Kier alpha value is -2.55. The fraction of sp³-hybridized carbons (Fsp3) is 0.429. The lowest BCUT2D eigenvalue weighted by molar-refractivity contribution is -0.171. The maximum Gasteiger partial charge on any atom is 0.471 e. The third kappa shape index (κ3) is 4.95. The van der Waals surface area contributed by atoms with Gasteiger partial charge < -0.3 is 10.1 Å². The van der Waals surface area contributed by atoms with Gasteiger partial charge in [0.05, 0.1) is 12.3 Å². The van der Waals surface area contributed by atoms with Crippen LogP contribution < -0.4 is 15.0 Å². The maximum atomic E-state index is 13.6. The van der Waals surface area contributed by atoms with Crippen LogP contribution in [-0.2, 0) is 9.59 Å².